The SMILES string of the molecule is Cc1cccc(C)c1NC(=O)C(c1ccc(O)cc1)N(CC#N)C(=O)C(C)NC(=O)OC(C)(C)C. The number of amides is 3. The Morgan fingerprint density at radius 2 is 1.66 bits per heavy atom. The fourth-order valence-electron chi connectivity index (χ4n) is 3.50. The number of alkyl carbamates (subject to hydrolysis) is 1. The van der Waals surface area contributed by atoms with Crippen LogP contribution in [0.3, 0.4) is 0 Å². The maximum atomic E-state index is 13.6. The normalized spacial score (nSPS) is 12.6. The number of phenols is 1. The van der Waals surface area contributed by atoms with Crippen LogP contribution in [0.4, 0.5) is 10.5 Å². The minimum atomic E-state index is -1.20. The van der Waals surface area contributed by atoms with Gasteiger partial charge in [0.1, 0.15) is 30.0 Å². The number of aromatic hydroxyl groups is 1. The molecule has 0 aliphatic heterocycles. The number of hydrogen-bond donors (Lipinski definition) is 3. The second-order valence-corrected chi connectivity index (χ2v) is 9.24. The minimum absolute atomic E-state index is 0.0132. The van der Waals surface area contributed by atoms with Crippen molar-refractivity contribution >= 4 is 23.6 Å². The average molecular weight is 481 g/mol. The van der Waals surface area contributed by atoms with E-state index in [9.17, 15) is 24.8 Å². The summed E-state index contributed by atoms with van der Waals surface area (Å²) in [5.41, 5.74) is 1.89. The topological polar surface area (TPSA) is 132 Å². The number of para-hydroxylation sites is 1. The molecule has 3 N–H and O–H groups in total. The van der Waals surface area contributed by atoms with Crippen LogP contribution >= 0.6 is 0 Å². The zero-order valence-corrected chi connectivity index (χ0v) is 20.9. The van der Waals surface area contributed by atoms with Crippen LogP contribution in [0.1, 0.15) is 50.4 Å². The van der Waals surface area contributed by atoms with E-state index < -0.39 is 42.1 Å². The lowest BCUT2D eigenvalue weighted by atomic mass is 10.0. The molecule has 2 atom stereocenters. The molecule has 2 unspecified atom stereocenters. The van der Waals surface area contributed by atoms with Crippen molar-refractivity contribution in [3.63, 3.8) is 0 Å². The molecule has 9 nitrogen and oxygen atoms in total. The Kier molecular flexibility index (Phi) is 8.84. The highest BCUT2D eigenvalue weighted by atomic mass is 16.6. The fraction of sp³-hybridized carbons (Fsp3) is 0.385. The molecule has 0 spiro atoms. The van der Waals surface area contributed by atoms with Gasteiger partial charge in [-0.15, -0.1) is 0 Å². The van der Waals surface area contributed by atoms with Gasteiger partial charge >= 0.3 is 6.09 Å². The van der Waals surface area contributed by atoms with Crippen LogP contribution in [0.2, 0.25) is 0 Å². The van der Waals surface area contributed by atoms with Crippen molar-refractivity contribution in [3.8, 4) is 11.8 Å². The van der Waals surface area contributed by atoms with E-state index in [0.717, 1.165) is 16.0 Å². The van der Waals surface area contributed by atoms with Crippen LogP contribution in [0.25, 0.3) is 0 Å². The van der Waals surface area contributed by atoms with Crippen LogP contribution in [0, 0.1) is 25.2 Å². The maximum Gasteiger partial charge on any atom is 0.408 e. The zero-order valence-electron chi connectivity index (χ0n) is 20.9. The molecule has 35 heavy (non-hydrogen) atoms. The number of anilines is 1. The van der Waals surface area contributed by atoms with Crippen LogP contribution < -0.4 is 10.6 Å². The predicted molar refractivity (Wildman–Crippen MR) is 132 cm³/mol. The van der Waals surface area contributed by atoms with Gasteiger partial charge in [-0.05, 0) is 70.4 Å². The van der Waals surface area contributed by atoms with Gasteiger partial charge in [-0.3, -0.25) is 9.59 Å². The molecule has 9 heteroatoms. The lowest BCUT2D eigenvalue weighted by Crippen LogP contribution is -2.51. The Morgan fingerprint density at radius 3 is 2.17 bits per heavy atom. The number of aryl methyl sites for hydroxylation is 2. The highest BCUT2D eigenvalue weighted by Gasteiger charge is 2.35. The lowest BCUT2D eigenvalue weighted by Gasteiger charge is -2.32. The lowest BCUT2D eigenvalue weighted by molar-refractivity contribution is -0.139. The first-order valence-corrected chi connectivity index (χ1v) is 11.2. The van der Waals surface area contributed by atoms with E-state index in [2.05, 4.69) is 10.6 Å². The monoisotopic (exact) mass is 480 g/mol. The van der Waals surface area contributed by atoms with Crippen LogP contribution in [0.15, 0.2) is 42.5 Å². The molecule has 0 aliphatic rings. The summed E-state index contributed by atoms with van der Waals surface area (Å²) in [6.45, 7) is 9.82. The largest absolute Gasteiger partial charge is 0.508 e. The van der Waals surface area contributed by atoms with Crippen molar-refractivity contribution in [2.24, 2.45) is 0 Å². The summed E-state index contributed by atoms with van der Waals surface area (Å²) in [6.07, 6.45) is -0.795. The summed E-state index contributed by atoms with van der Waals surface area (Å²) < 4.78 is 5.22. The molecule has 2 rings (SSSR count). The van der Waals surface area contributed by atoms with Gasteiger partial charge in [-0.1, -0.05) is 30.3 Å². The summed E-state index contributed by atoms with van der Waals surface area (Å²) >= 11 is 0. The summed E-state index contributed by atoms with van der Waals surface area (Å²) in [5.74, 6) is -1.20. The van der Waals surface area contributed by atoms with Crippen molar-refractivity contribution in [1.82, 2.24) is 10.2 Å². The third-order valence-corrected chi connectivity index (χ3v) is 5.13. The van der Waals surface area contributed by atoms with Crippen molar-refractivity contribution in [2.75, 3.05) is 11.9 Å². The Labute approximate surface area is 205 Å². The van der Waals surface area contributed by atoms with Gasteiger partial charge in [0.25, 0.3) is 5.91 Å². The van der Waals surface area contributed by atoms with Crippen LogP contribution in [-0.4, -0.2) is 46.1 Å². The number of rotatable bonds is 7. The number of nitrogens with zero attached hydrogens (tertiary/aromatic N) is 2. The Balaban J connectivity index is 2.43. The molecule has 0 aromatic heterocycles. The maximum absolute atomic E-state index is 13.6. The number of nitrogens with one attached hydrogen (secondary N) is 2. The summed E-state index contributed by atoms with van der Waals surface area (Å²) in [7, 11) is 0. The average Bonchev–Trinajstić information content (AvgIpc) is 2.75. The van der Waals surface area contributed by atoms with E-state index >= 15 is 0 Å². The molecule has 0 heterocycles. The molecular formula is C26H32N4O5. The molecule has 0 radical (unpaired) electrons. The van der Waals surface area contributed by atoms with E-state index in [0.29, 0.717) is 11.3 Å². The first-order chi connectivity index (χ1) is 16.3. The second-order valence-electron chi connectivity index (χ2n) is 9.24. The number of carbonyl (C=O) groups excluding carboxylic acids is 3. The zero-order chi connectivity index (χ0) is 26.3. The van der Waals surface area contributed by atoms with Gasteiger partial charge in [0.05, 0.1) is 6.07 Å². The summed E-state index contributed by atoms with van der Waals surface area (Å²) in [6, 6.07) is 11.0. The molecule has 2 aromatic rings. The Hall–Kier alpha value is -4.06. The molecule has 0 saturated carbocycles. The van der Waals surface area contributed by atoms with Crippen molar-refractivity contribution in [1.29, 1.82) is 5.26 Å². The number of carbonyl (C=O) groups is 3. The van der Waals surface area contributed by atoms with Crippen LogP contribution in [0.5, 0.6) is 5.75 Å². The molecule has 2 aromatic carbocycles. The molecule has 0 fully saturated rings. The molecule has 0 saturated heterocycles. The third-order valence-electron chi connectivity index (χ3n) is 5.13. The quantitative estimate of drug-likeness (QED) is 0.514. The summed E-state index contributed by atoms with van der Waals surface area (Å²) in [4.78, 5) is 40.2. The number of benzene rings is 2. The summed E-state index contributed by atoms with van der Waals surface area (Å²) in [5, 5.41) is 24.5. The van der Waals surface area contributed by atoms with Gasteiger partial charge in [0.2, 0.25) is 5.91 Å². The third kappa shape index (κ3) is 7.47. The molecule has 186 valence electrons. The van der Waals surface area contributed by atoms with Crippen molar-refractivity contribution in [2.45, 2.75) is 59.2 Å². The van der Waals surface area contributed by atoms with E-state index in [-0.39, 0.29) is 5.75 Å². The smallest absolute Gasteiger partial charge is 0.408 e. The highest BCUT2D eigenvalue weighted by Crippen LogP contribution is 2.27. The van der Waals surface area contributed by atoms with Gasteiger partial charge in [-0.25, -0.2) is 4.79 Å². The highest BCUT2D eigenvalue weighted by molar-refractivity contribution is 5.99. The van der Waals surface area contributed by atoms with E-state index in [4.69, 9.17) is 4.74 Å². The number of nitriles is 1. The predicted octanol–water partition coefficient (Wildman–Crippen LogP) is 3.95. The molecular weight excluding hydrogens is 448 g/mol. The number of hydrogen-bond acceptors (Lipinski definition) is 6. The number of phenolic OH excluding ortho intramolecular Hbond substituents is 1. The number of ether oxygens (including phenoxy) is 1. The molecule has 3 amide bonds. The molecule has 0 bridgehead atoms. The van der Waals surface area contributed by atoms with Gasteiger partial charge in [-0.2, -0.15) is 5.26 Å². The first-order valence-electron chi connectivity index (χ1n) is 11.2. The van der Waals surface area contributed by atoms with Crippen molar-refractivity contribution in [3.05, 3.63) is 59.2 Å². The Morgan fingerprint density at radius 1 is 1.09 bits per heavy atom. The minimum Gasteiger partial charge on any atom is -0.508 e. The van der Waals surface area contributed by atoms with Gasteiger partial charge in [0.15, 0.2) is 0 Å². The van der Waals surface area contributed by atoms with Crippen molar-refractivity contribution < 1.29 is 24.2 Å². The van der Waals surface area contributed by atoms with Gasteiger partial charge in [0, 0.05) is 5.69 Å². The van der Waals surface area contributed by atoms with E-state index in [1.54, 1.807) is 20.8 Å². The first kappa shape index (κ1) is 27.2. The van der Waals surface area contributed by atoms with E-state index in [1.165, 1.54) is 31.2 Å². The van der Waals surface area contributed by atoms with Gasteiger partial charge < -0.3 is 25.4 Å². The fourth-order valence-corrected chi connectivity index (χ4v) is 3.50. The standard InChI is InChI=1S/C26H32N4O5/c1-16-8-7-9-17(2)21(16)29-23(32)22(19-10-12-20(31)13-11-19)30(15-14-27)24(33)18(3)28-25(34)35-26(4,5)6/h7-13,18,22,31H,15H2,1-6H3,(H,28,34)(H,29,32). The molecule has 0 aliphatic carbocycles. The van der Waals surface area contributed by atoms with E-state index in [1.807, 2.05) is 38.1 Å². The van der Waals surface area contributed by atoms with Crippen LogP contribution in [-0.2, 0) is 14.3 Å². The Bertz CT molecular complexity index is 1100. The second kappa shape index (κ2) is 11.4.